The largest absolute Gasteiger partial charge is 0.496 e. The number of hydrogen-bond acceptors (Lipinski definition) is 6. The van der Waals surface area contributed by atoms with Crippen LogP contribution in [0.15, 0.2) is 41.4 Å². The van der Waals surface area contributed by atoms with Crippen LogP contribution in [0.3, 0.4) is 0 Å². The molecule has 2 aromatic carbocycles. The molecule has 0 aromatic heterocycles. The molecule has 0 spiro atoms. The zero-order valence-electron chi connectivity index (χ0n) is 16.7. The number of methoxy groups -OCH3 is 4. The number of anilines is 1. The first kappa shape index (κ1) is 21.0. The highest BCUT2D eigenvalue weighted by Gasteiger charge is 2.05. The highest BCUT2D eigenvalue weighted by Crippen LogP contribution is 2.29. The Kier molecular flexibility index (Phi) is 8.08. The van der Waals surface area contributed by atoms with Gasteiger partial charge >= 0.3 is 0 Å². The maximum Gasteiger partial charge on any atom is 0.193 e. The SMILES string of the molecule is COc1cc(OC)cc(OCCCN=C(N)Nc2ccc(OC)c(OC)c2)c1. The molecule has 0 amide bonds. The van der Waals surface area contributed by atoms with E-state index in [1.807, 2.05) is 6.07 Å². The van der Waals surface area contributed by atoms with Gasteiger partial charge in [-0.2, -0.15) is 0 Å². The molecule has 0 saturated heterocycles. The Bertz CT molecular complexity index is 773. The van der Waals surface area contributed by atoms with E-state index in [0.29, 0.717) is 54.3 Å². The summed E-state index contributed by atoms with van der Waals surface area (Å²) in [6, 6.07) is 10.8. The molecule has 2 aromatic rings. The van der Waals surface area contributed by atoms with Crippen molar-refractivity contribution >= 4 is 11.6 Å². The van der Waals surface area contributed by atoms with E-state index in [9.17, 15) is 0 Å². The Morgan fingerprint density at radius 3 is 2.11 bits per heavy atom. The number of benzene rings is 2. The van der Waals surface area contributed by atoms with E-state index < -0.39 is 0 Å². The Morgan fingerprint density at radius 2 is 1.50 bits per heavy atom. The van der Waals surface area contributed by atoms with Gasteiger partial charge in [0.2, 0.25) is 0 Å². The summed E-state index contributed by atoms with van der Waals surface area (Å²) >= 11 is 0. The summed E-state index contributed by atoms with van der Waals surface area (Å²) in [4.78, 5) is 4.30. The maximum absolute atomic E-state index is 5.93. The van der Waals surface area contributed by atoms with Crippen LogP contribution in [-0.4, -0.2) is 47.6 Å². The number of aliphatic imine (C=N–C) groups is 1. The second-order valence-corrected chi connectivity index (χ2v) is 5.71. The van der Waals surface area contributed by atoms with E-state index in [-0.39, 0.29) is 0 Å². The molecule has 0 aliphatic carbocycles. The molecule has 8 heteroatoms. The third kappa shape index (κ3) is 6.15. The third-order valence-corrected chi connectivity index (χ3v) is 3.83. The minimum absolute atomic E-state index is 0.315. The highest BCUT2D eigenvalue weighted by molar-refractivity contribution is 5.92. The van der Waals surface area contributed by atoms with E-state index in [2.05, 4.69) is 10.3 Å². The summed E-state index contributed by atoms with van der Waals surface area (Å²) in [5.74, 6) is 3.61. The van der Waals surface area contributed by atoms with Crippen molar-refractivity contribution in [2.45, 2.75) is 6.42 Å². The van der Waals surface area contributed by atoms with E-state index in [1.54, 1.807) is 58.8 Å². The number of nitrogens with two attached hydrogens (primary N) is 1. The predicted octanol–water partition coefficient (Wildman–Crippen LogP) is 2.92. The summed E-state index contributed by atoms with van der Waals surface area (Å²) in [5, 5.41) is 3.02. The number of rotatable bonds is 10. The van der Waals surface area contributed by atoms with Gasteiger partial charge in [-0.05, 0) is 12.1 Å². The first-order chi connectivity index (χ1) is 13.6. The molecule has 0 fully saturated rings. The van der Waals surface area contributed by atoms with Crippen LogP contribution >= 0.6 is 0 Å². The molecule has 28 heavy (non-hydrogen) atoms. The van der Waals surface area contributed by atoms with Crippen molar-refractivity contribution in [2.24, 2.45) is 10.7 Å². The number of nitrogens with zero attached hydrogens (tertiary/aromatic N) is 1. The van der Waals surface area contributed by atoms with Gasteiger partial charge in [-0.25, -0.2) is 0 Å². The van der Waals surface area contributed by atoms with Crippen LogP contribution in [0.1, 0.15) is 6.42 Å². The Balaban J connectivity index is 1.81. The minimum Gasteiger partial charge on any atom is -0.496 e. The molecule has 3 N–H and O–H groups in total. The normalized spacial score (nSPS) is 10.9. The van der Waals surface area contributed by atoms with Crippen molar-refractivity contribution in [3.05, 3.63) is 36.4 Å². The molecule has 2 rings (SSSR count). The minimum atomic E-state index is 0.315. The smallest absolute Gasteiger partial charge is 0.193 e. The molecule has 0 bridgehead atoms. The highest BCUT2D eigenvalue weighted by atomic mass is 16.5. The van der Waals surface area contributed by atoms with Crippen molar-refractivity contribution in [2.75, 3.05) is 46.9 Å². The lowest BCUT2D eigenvalue weighted by atomic mass is 10.3. The van der Waals surface area contributed by atoms with Gasteiger partial charge in [0.25, 0.3) is 0 Å². The molecule has 0 radical (unpaired) electrons. The summed E-state index contributed by atoms with van der Waals surface area (Å²) in [6.45, 7) is 1.01. The van der Waals surface area contributed by atoms with Crippen LogP contribution in [0.5, 0.6) is 28.7 Å². The monoisotopic (exact) mass is 389 g/mol. The van der Waals surface area contributed by atoms with Gasteiger partial charge in [0, 0.05) is 42.9 Å². The summed E-state index contributed by atoms with van der Waals surface area (Å²) < 4.78 is 26.6. The first-order valence-electron chi connectivity index (χ1n) is 8.74. The van der Waals surface area contributed by atoms with Crippen molar-refractivity contribution in [1.29, 1.82) is 0 Å². The second kappa shape index (κ2) is 10.8. The molecule has 152 valence electrons. The van der Waals surface area contributed by atoms with Crippen molar-refractivity contribution in [3.63, 3.8) is 0 Å². The summed E-state index contributed by atoms with van der Waals surface area (Å²) in [6.07, 6.45) is 0.702. The zero-order chi connectivity index (χ0) is 20.4. The molecule has 8 nitrogen and oxygen atoms in total. The van der Waals surface area contributed by atoms with Gasteiger partial charge in [-0.3, -0.25) is 4.99 Å². The van der Waals surface area contributed by atoms with E-state index in [0.717, 1.165) is 5.69 Å². The summed E-state index contributed by atoms with van der Waals surface area (Å²) in [7, 11) is 6.37. The van der Waals surface area contributed by atoms with Gasteiger partial charge in [0.15, 0.2) is 17.5 Å². The quantitative estimate of drug-likeness (QED) is 0.366. The number of ether oxygens (including phenoxy) is 5. The molecule has 0 saturated carbocycles. The Hall–Kier alpha value is -3.29. The van der Waals surface area contributed by atoms with E-state index in [4.69, 9.17) is 29.4 Å². The van der Waals surface area contributed by atoms with Crippen LogP contribution in [-0.2, 0) is 0 Å². The molecule has 0 aliphatic rings. The van der Waals surface area contributed by atoms with Gasteiger partial charge in [0.05, 0.1) is 35.0 Å². The number of guanidine groups is 1. The predicted molar refractivity (Wildman–Crippen MR) is 109 cm³/mol. The van der Waals surface area contributed by atoms with Crippen molar-refractivity contribution in [1.82, 2.24) is 0 Å². The van der Waals surface area contributed by atoms with Gasteiger partial charge < -0.3 is 34.7 Å². The third-order valence-electron chi connectivity index (χ3n) is 3.83. The first-order valence-corrected chi connectivity index (χ1v) is 8.74. The van der Waals surface area contributed by atoms with Crippen LogP contribution in [0.25, 0.3) is 0 Å². The fourth-order valence-corrected chi connectivity index (χ4v) is 2.42. The van der Waals surface area contributed by atoms with E-state index in [1.165, 1.54) is 0 Å². The standard InChI is InChI=1S/C20H27N3O5/c1-24-15-11-16(25-2)13-17(12-15)28-9-5-8-22-20(21)23-14-6-7-18(26-3)19(10-14)27-4/h6-7,10-13H,5,8-9H2,1-4H3,(H3,21,22,23). The fourth-order valence-electron chi connectivity index (χ4n) is 2.42. The fraction of sp³-hybridized carbons (Fsp3) is 0.350. The second-order valence-electron chi connectivity index (χ2n) is 5.71. The maximum atomic E-state index is 5.93. The molecule has 0 unspecified atom stereocenters. The van der Waals surface area contributed by atoms with Gasteiger partial charge in [0.1, 0.15) is 17.2 Å². The lowest BCUT2D eigenvalue weighted by molar-refractivity contribution is 0.307. The number of hydrogen-bond donors (Lipinski definition) is 2. The Labute approximate surface area is 165 Å². The van der Waals surface area contributed by atoms with Crippen LogP contribution in [0, 0.1) is 0 Å². The summed E-state index contributed by atoms with van der Waals surface area (Å²) in [5.41, 5.74) is 6.69. The average molecular weight is 389 g/mol. The molecule has 0 atom stereocenters. The van der Waals surface area contributed by atoms with Gasteiger partial charge in [-0.1, -0.05) is 0 Å². The zero-order valence-corrected chi connectivity index (χ0v) is 16.7. The average Bonchev–Trinajstić information content (AvgIpc) is 2.72. The topological polar surface area (TPSA) is 96.6 Å². The van der Waals surface area contributed by atoms with Crippen molar-refractivity contribution < 1.29 is 23.7 Å². The van der Waals surface area contributed by atoms with Gasteiger partial charge in [-0.15, -0.1) is 0 Å². The van der Waals surface area contributed by atoms with Crippen LogP contribution in [0.4, 0.5) is 5.69 Å². The molecular weight excluding hydrogens is 362 g/mol. The Morgan fingerprint density at radius 1 is 0.857 bits per heavy atom. The number of nitrogens with one attached hydrogen (secondary N) is 1. The lowest BCUT2D eigenvalue weighted by Gasteiger charge is -2.11. The van der Waals surface area contributed by atoms with Crippen molar-refractivity contribution in [3.8, 4) is 28.7 Å². The molecule has 0 heterocycles. The van der Waals surface area contributed by atoms with Crippen LogP contribution < -0.4 is 34.7 Å². The van der Waals surface area contributed by atoms with Crippen LogP contribution in [0.2, 0.25) is 0 Å². The lowest BCUT2D eigenvalue weighted by Crippen LogP contribution is -2.23. The van der Waals surface area contributed by atoms with E-state index >= 15 is 0 Å². The molecular formula is C20H27N3O5. The molecule has 0 aliphatic heterocycles.